The first-order chi connectivity index (χ1) is 25.8. The van der Waals surface area contributed by atoms with Crippen LogP contribution in [0.15, 0.2) is 152 Å². The number of hydrogen-bond donors (Lipinski definition) is 0. The molecule has 0 saturated heterocycles. The first-order valence-electron chi connectivity index (χ1n) is 17.6. The number of fused-ring (bicyclic) bond motifs is 22. The molecular weight excluding hydrogens is 671 g/mol. The van der Waals surface area contributed by atoms with E-state index in [4.69, 9.17) is 4.98 Å². The molecule has 11 aromatic rings. The van der Waals surface area contributed by atoms with Gasteiger partial charge in [-0.1, -0.05) is 115 Å². The number of rotatable bonds is 1. The molecule has 2 aliphatic carbocycles. The van der Waals surface area contributed by atoms with Gasteiger partial charge in [-0.3, -0.25) is 0 Å². The maximum atomic E-state index is 4.78. The van der Waals surface area contributed by atoms with Gasteiger partial charge in [-0.15, -0.1) is 22.7 Å². The van der Waals surface area contributed by atoms with E-state index in [2.05, 4.69) is 149 Å². The van der Waals surface area contributed by atoms with Gasteiger partial charge in [0.1, 0.15) is 11.2 Å². The summed E-state index contributed by atoms with van der Waals surface area (Å²) in [7, 11) is 0. The Hall–Kier alpha value is -6.14. The van der Waals surface area contributed by atoms with E-state index in [0.717, 1.165) is 10.2 Å². The van der Waals surface area contributed by atoms with Gasteiger partial charge in [0, 0.05) is 53.6 Å². The van der Waals surface area contributed by atoms with Crippen LogP contribution in [0.2, 0.25) is 0 Å². The van der Waals surface area contributed by atoms with Crippen molar-refractivity contribution in [1.29, 1.82) is 0 Å². The topological polar surface area (TPSA) is 30.7 Å². The lowest BCUT2D eigenvalue weighted by atomic mass is 9.70. The molecule has 0 bridgehead atoms. The van der Waals surface area contributed by atoms with E-state index in [9.17, 15) is 0 Å². The minimum atomic E-state index is -0.408. The fourth-order valence-corrected chi connectivity index (χ4v) is 12.4. The van der Waals surface area contributed by atoms with Crippen molar-refractivity contribution in [1.82, 2.24) is 14.5 Å². The average molecular weight is 696 g/mol. The van der Waals surface area contributed by atoms with E-state index in [1.165, 1.54) is 102 Å². The molecule has 0 atom stereocenters. The molecule has 0 aliphatic heterocycles. The first-order valence-corrected chi connectivity index (χ1v) is 19.3. The second-order valence-electron chi connectivity index (χ2n) is 14.0. The summed E-state index contributed by atoms with van der Waals surface area (Å²) in [5.41, 5.74) is 13.9. The summed E-state index contributed by atoms with van der Waals surface area (Å²) in [5.74, 6) is 0. The van der Waals surface area contributed by atoms with E-state index < -0.39 is 5.41 Å². The third kappa shape index (κ3) is 3.11. The lowest BCUT2D eigenvalue weighted by molar-refractivity contribution is 0.792. The Balaban J connectivity index is 1.23. The van der Waals surface area contributed by atoms with Crippen LogP contribution in [0.5, 0.6) is 0 Å². The molecule has 0 saturated carbocycles. The SMILES string of the molecule is c1ccc2c(c1)-c1ccccc1C21c2ccccc2-c2ccc(-n3c4ccccc4c4c5c6cncnc6sc5c5c6ccccc6sc5c43)cc21. The molecule has 3 nitrogen and oxygen atoms in total. The lowest BCUT2D eigenvalue weighted by Gasteiger charge is -2.30. The first kappa shape index (κ1) is 27.6. The van der Waals surface area contributed by atoms with E-state index in [-0.39, 0.29) is 0 Å². The van der Waals surface area contributed by atoms with Crippen molar-refractivity contribution in [3.63, 3.8) is 0 Å². The highest BCUT2D eigenvalue weighted by Crippen LogP contribution is 2.63. The summed E-state index contributed by atoms with van der Waals surface area (Å²) in [5, 5.41) is 7.52. The van der Waals surface area contributed by atoms with Gasteiger partial charge in [-0.05, 0) is 68.8 Å². The van der Waals surface area contributed by atoms with Crippen molar-refractivity contribution in [2.24, 2.45) is 0 Å². The minimum Gasteiger partial charge on any atom is -0.308 e. The Morgan fingerprint density at radius 1 is 0.500 bits per heavy atom. The number of hydrogen-bond acceptors (Lipinski definition) is 4. The molecule has 4 aromatic heterocycles. The van der Waals surface area contributed by atoms with E-state index >= 15 is 0 Å². The molecular formula is C47H25N3S2. The average Bonchev–Trinajstić information content (AvgIpc) is 3.99. The van der Waals surface area contributed by atoms with Gasteiger partial charge >= 0.3 is 0 Å². The van der Waals surface area contributed by atoms with Gasteiger partial charge in [-0.25, -0.2) is 9.97 Å². The highest BCUT2D eigenvalue weighted by atomic mass is 32.1. The Morgan fingerprint density at radius 3 is 1.88 bits per heavy atom. The summed E-state index contributed by atoms with van der Waals surface area (Å²) in [6, 6.07) is 52.3. The van der Waals surface area contributed by atoms with Crippen LogP contribution in [0.25, 0.3) is 90.2 Å². The van der Waals surface area contributed by atoms with Crippen LogP contribution in [0.1, 0.15) is 22.3 Å². The van der Waals surface area contributed by atoms with Crippen LogP contribution in [-0.2, 0) is 5.41 Å². The van der Waals surface area contributed by atoms with Crippen molar-refractivity contribution in [2.75, 3.05) is 0 Å². The Bertz CT molecular complexity index is 3320. The third-order valence-electron chi connectivity index (χ3n) is 11.8. The van der Waals surface area contributed by atoms with E-state index in [1.807, 2.05) is 17.5 Å². The number of nitrogens with zero attached hydrogens (tertiary/aromatic N) is 3. The smallest absolute Gasteiger partial charge is 0.127 e. The number of thiophene rings is 2. The molecule has 5 heteroatoms. The van der Waals surface area contributed by atoms with Gasteiger partial charge in [0.15, 0.2) is 0 Å². The molecule has 0 unspecified atom stereocenters. The molecule has 240 valence electrons. The summed E-state index contributed by atoms with van der Waals surface area (Å²) < 4.78 is 6.46. The summed E-state index contributed by atoms with van der Waals surface area (Å²) in [6.45, 7) is 0. The predicted octanol–water partition coefficient (Wildman–Crippen LogP) is 12.7. The zero-order chi connectivity index (χ0) is 33.7. The number of aromatic nitrogens is 3. The lowest BCUT2D eigenvalue weighted by Crippen LogP contribution is -2.26. The van der Waals surface area contributed by atoms with Crippen LogP contribution in [0, 0.1) is 0 Å². The predicted molar refractivity (Wildman–Crippen MR) is 218 cm³/mol. The minimum absolute atomic E-state index is 0.408. The standard InChI is InChI=1S/C47H25N3S2/c1-6-16-34-27(11-1)28-12-2-7-17-35(28)47(34)36-18-8-3-13-29(36)30-22-21-26(23-37(30)47)50-38-19-9-4-14-31(38)40-41-33-24-48-25-49-46(33)52-44(41)42-32-15-5-10-20-39(32)51-45(42)43(40)50/h1-25H. The van der Waals surface area contributed by atoms with Gasteiger partial charge in [0.05, 0.1) is 21.1 Å². The fourth-order valence-electron chi connectivity index (χ4n) is 9.90. The highest BCUT2D eigenvalue weighted by molar-refractivity contribution is 7.30. The van der Waals surface area contributed by atoms with Crippen LogP contribution in [-0.4, -0.2) is 14.5 Å². The molecule has 0 fully saturated rings. The summed E-state index contributed by atoms with van der Waals surface area (Å²) >= 11 is 3.70. The summed E-state index contributed by atoms with van der Waals surface area (Å²) in [4.78, 5) is 10.4. The quantitative estimate of drug-likeness (QED) is 0.171. The molecule has 4 heterocycles. The van der Waals surface area contributed by atoms with Crippen LogP contribution < -0.4 is 0 Å². The fraction of sp³-hybridized carbons (Fsp3) is 0.0213. The highest BCUT2D eigenvalue weighted by Gasteiger charge is 2.51. The zero-order valence-electron chi connectivity index (χ0n) is 27.6. The molecule has 52 heavy (non-hydrogen) atoms. The Morgan fingerprint density at radius 2 is 1.13 bits per heavy atom. The van der Waals surface area contributed by atoms with Gasteiger partial charge in [0.25, 0.3) is 0 Å². The van der Waals surface area contributed by atoms with E-state index in [1.54, 1.807) is 17.7 Å². The molecule has 13 rings (SSSR count). The van der Waals surface area contributed by atoms with Crippen LogP contribution >= 0.6 is 22.7 Å². The van der Waals surface area contributed by atoms with Crippen molar-refractivity contribution in [3.05, 3.63) is 174 Å². The maximum absolute atomic E-state index is 4.78. The second-order valence-corrected chi connectivity index (χ2v) is 16.1. The van der Waals surface area contributed by atoms with E-state index in [0.29, 0.717) is 0 Å². The van der Waals surface area contributed by atoms with Crippen LogP contribution in [0.4, 0.5) is 0 Å². The Kier molecular flexibility index (Phi) is 5.08. The molecule has 7 aromatic carbocycles. The maximum Gasteiger partial charge on any atom is 0.127 e. The number of para-hydroxylation sites is 1. The summed E-state index contributed by atoms with van der Waals surface area (Å²) in [6.07, 6.45) is 3.69. The van der Waals surface area contributed by atoms with Gasteiger partial charge in [0.2, 0.25) is 0 Å². The molecule has 0 amide bonds. The molecule has 0 radical (unpaired) electrons. The second kappa shape index (κ2) is 9.59. The third-order valence-corrected chi connectivity index (χ3v) is 14.1. The van der Waals surface area contributed by atoms with Crippen LogP contribution in [0.3, 0.4) is 0 Å². The van der Waals surface area contributed by atoms with Crippen molar-refractivity contribution >= 4 is 85.0 Å². The van der Waals surface area contributed by atoms with Gasteiger partial charge < -0.3 is 4.57 Å². The molecule has 0 N–H and O–H groups in total. The van der Waals surface area contributed by atoms with Crippen molar-refractivity contribution in [3.8, 4) is 27.9 Å². The monoisotopic (exact) mass is 695 g/mol. The van der Waals surface area contributed by atoms with Crippen molar-refractivity contribution in [2.45, 2.75) is 5.41 Å². The number of benzene rings is 7. The van der Waals surface area contributed by atoms with Crippen molar-refractivity contribution < 1.29 is 0 Å². The zero-order valence-corrected chi connectivity index (χ0v) is 29.2. The normalized spacial score (nSPS) is 13.9. The van der Waals surface area contributed by atoms with Gasteiger partial charge in [-0.2, -0.15) is 0 Å². The largest absolute Gasteiger partial charge is 0.308 e. The Labute approximate surface area is 305 Å². The molecule has 2 aliphatic rings. The molecule has 1 spiro atoms.